The lowest BCUT2D eigenvalue weighted by molar-refractivity contribution is -0.145. The normalized spacial score (nSPS) is 28.1. The molecule has 80 valence electrons. The second-order valence-electron chi connectivity index (χ2n) is 4.82. The number of hydrogen-bond acceptors (Lipinski definition) is 2. The molecule has 2 atom stereocenters. The van der Waals surface area contributed by atoms with Gasteiger partial charge in [-0.1, -0.05) is 25.5 Å². The van der Waals surface area contributed by atoms with E-state index in [0.29, 0.717) is 12.5 Å². The SMILES string of the molecule is CCOC(=O)[C@@H]1[C@@H](C=C(C)C)C1(C)C. The quantitative estimate of drug-likeness (QED) is 0.512. The Bertz CT molecular complexity index is 259. The molecule has 0 aromatic rings. The average molecular weight is 196 g/mol. The maximum atomic E-state index is 11.6. The molecule has 0 radical (unpaired) electrons. The van der Waals surface area contributed by atoms with Gasteiger partial charge in [-0.15, -0.1) is 0 Å². The molecule has 0 spiro atoms. The molecule has 0 saturated heterocycles. The van der Waals surface area contributed by atoms with Crippen molar-refractivity contribution < 1.29 is 9.53 Å². The van der Waals surface area contributed by atoms with Crippen LogP contribution in [0.15, 0.2) is 11.6 Å². The molecule has 14 heavy (non-hydrogen) atoms. The molecule has 0 aromatic heterocycles. The molecule has 1 rings (SSSR count). The number of allylic oxidation sites excluding steroid dienone is 2. The summed E-state index contributed by atoms with van der Waals surface area (Å²) in [7, 11) is 0. The minimum Gasteiger partial charge on any atom is -0.466 e. The summed E-state index contributed by atoms with van der Waals surface area (Å²) >= 11 is 0. The number of hydrogen-bond donors (Lipinski definition) is 0. The molecular formula is C12H20O2. The molecule has 0 bridgehead atoms. The van der Waals surface area contributed by atoms with Gasteiger partial charge in [-0.05, 0) is 32.1 Å². The Kier molecular flexibility index (Phi) is 3.03. The number of esters is 1. The van der Waals surface area contributed by atoms with Crippen molar-refractivity contribution in [2.24, 2.45) is 17.3 Å². The minimum atomic E-state index is -0.0417. The van der Waals surface area contributed by atoms with Crippen molar-refractivity contribution in [3.63, 3.8) is 0 Å². The van der Waals surface area contributed by atoms with E-state index < -0.39 is 0 Å². The van der Waals surface area contributed by atoms with Gasteiger partial charge in [0.15, 0.2) is 0 Å². The van der Waals surface area contributed by atoms with Crippen molar-refractivity contribution >= 4 is 5.97 Å². The molecule has 1 aliphatic rings. The third kappa shape index (κ3) is 1.99. The minimum absolute atomic E-state index is 0.0417. The summed E-state index contributed by atoms with van der Waals surface area (Å²) in [4.78, 5) is 11.6. The number of carbonyl (C=O) groups excluding carboxylic acids is 1. The van der Waals surface area contributed by atoms with Crippen LogP contribution in [0.5, 0.6) is 0 Å². The molecule has 2 nitrogen and oxygen atoms in total. The van der Waals surface area contributed by atoms with E-state index >= 15 is 0 Å². The van der Waals surface area contributed by atoms with E-state index in [1.807, 2.05) is 6.92 Å². The van der Waals surface area contributed by atoms with Crippen molar-refractivity contribution in [1.29, 1.82) is 0 Å². The molecule has 1 fully saturated rings. The van der Waals surface area contributed by atoms with Crippen LogP contribution in [-0.4, -0.2) is 12.6 Å². The first-order chi connectivity index (χ1) is 6.41. The van der Waals surface area contributed by atoms with E-state index in [2.05, 4.69) is 33.8 Å². The number of ether oxygens (including phenoxy) is 1. The van der Waals surface area contributed by atoms with Crippen LogP contribution in [0.3, 0.4) is 0 Å². The first-order valence-corrected chi connectivity index (χ1v) is 5.23. The van der Waals surface area contributed by atoms with Crippen LogP contribution in [-0.2, 0) is 9.53 Å². The third-order valence-corrected chi connectivity index (χ3v) is 2.96. The van der Waals surface area contributed by atoms with Crippen molar-refractivity contribution in [2.75, 3.05) is 6.61 Å². The Balaban J connectivity index is 2.66. The highest BCUT2D eigenvalue weighted by molar-refractivity contribution is 5.78. The second kappa shape index (κ2) is 3.76. The highest BCUT2D eigenvalue weighted by Crippen LogP contribution is 2.59. The summed E-state index contributed by atoms with van der Waals surface area (Å²) in [5, 5.41) is 0. The number of carbonyl (C=O) groups is 1. The van der Waals surface area contributed by atoms with Crippen molar-refractivity contribution in [1.82, 2.24) is 0 Å². The average Bonchev–Trinajstić information content (AvgIpc) is 2.52. The molecule has 1 aliphatic carbocycles. The topological polar surface area (TPSA) is 26.3 Å². The van der Waals surface area contributed by atoms with Crippen LogP contribution in [0.4, 0.5) is 0 Å². The van der Waals surface area contributed by atoms with Gasteiger partial charge >= 0.3 is 5.97 Å². The highest BCUT2D eigenvalue weighted by Gasteiger charge is 2.61. The molecule has 1 saturated carbocycles. The van der Waals surface area contributed by atoms with Crippen LogP contribution in [0.1, 0.15) is 34.6 Å². The van der Waals surface area contributed by atoms with Crippen LogP contribution in [0.2, 0.25) is 0 Å². The molecule has 0 N–H and O–H groups in total. The van der Waals surface area contributed by atoms with Crippen LogP contribution < -0.4 is 0 Å². The third-order valence-electron chi connectivity index (χ3n) is 2.96. The van der Waals surface area contributed by atoms with Crippen molar-refractivity contribution in [3.8, 4) is 0 Å². The second-order valence-corrected chi connectivity index (χ2v) is 4.82. The van der Waals surface area contributed by atoms with Gasteiger partial charge in [0.2, 0.25) is 0 Å². The summed E-state index contributed by atoms with van der Waals surface area (Å²) in [6.45, 7) is 10.7. The Morgan fingerprint density at radius 3 is 2.43 bits per heavy atom. The molecule has 0 aliphatic heterocycles. The number of rotatable bonds is 3. The van der Waals surface area contributed by atoms with Gasteiger partial charge < -0.3 is 4.74 Å². The van der Waals surface area contributed by atoms with Gasteiger partial charge in [-0.25, -0.2) is 0 Å². The van der Waals surface area contributed by atoms with Gasteiger partial charge in [0.25, 0.3) is 0 Å². The maximum absolute atomic E-state index is 11.6. The fraction of sp³-hybridized carbons (Fsp3) is 0.750. The fourth-order valence-corrected chi connectivity index (χ4v) is 2.03. The van der Waals surface area contributed by atoms with E-state index in [9.17, 15) is 4.79 Å². The van der Waals surface area contributed by atoms with Gasteiger partial charge in [-0.3, -0.25) is 4.79 Å². The molecule has 0 unspecified atom stereocenters. The van der Waals surface area contributed by atoms with Crippen LogP contribution in [0.25, 0.3) is 0 Å². The summed E-state index contributed by atoms with van der Waals surface area (Å²) < 4.78 is 5.05. The molecule has 0 aromatic carbocycles. The molecule has 0 heterocycles. The Labute approximate surface area is 86.3 Å². The Morgan fingerprint density at radius 1 is 1.43 bits per heavy atom. The van der Waals surface area contributed by atoms with E-state index in [0.717, 1.165) is 0 Å². The van der Waals surface area contributed by atoms with Crippen molar-refractivity contribution in [3.05, 3.63) is 11.6 Å². The summed E-state index contributed by atoms with van der Waals surface area (Å²) in [5.41, 5.74) is 1.36. The predicted molar refractivity (Wildman–Crippen MR) is 56.8 cm³/mol. The summed E-state index contributed by atoms with van der Waals surface area (Å²) in [6.07, 6.45) is 2.18. The van der Waals surface area contributed by atoms with E-state index in [4.69, 9.17) is 4.74 Å². The van der Waals surface area contributed by atoms with Gasteiger partial charge in [0.1, 0.15) is 0 Å². The molecular weight excluding hydrogens is 176 g/mol. The predicted octanol–water partition coefficient (Wildman–Crippen LogP) is 2.79. The largest absolute Gasteiger partial charge is 0.466 e. The lowest BCUT2D eigenvalue weighted by atomic mass is 10.1. The lowest BCUT2D eigenvalue weighted by Crippen LogP contribution is -2.10. The zero-order chi connectivity index (χ0) is 10.9. The van der Waals surface area contributed by atoms with E-state index in [1.54, 1.807) is 0 Å². The zero-order valence-corrected chi connectivity index (χ0v) is 9.76. The van der Waals surface area contributed by atoms with Crippen LogP contribution >= 0.6 is 0 Å². The Hall–Kier alpha value is -0.790. The zero-order valence-electron chi connectivity index (χ0n) is 9.76. The first kappa shape index (κ1) is 11.3. The van der Waals surface area contributed by atoms with Crippen LogP contribution in [0, 0.1) is 17.3 Å². The maximum Gasteiger partial charge on any atom is 0.310 e. The fourth-order valence-electron chi connectivity index (χ4n) is 2.03. The van der Waals surface area contributed by atoms with Gasteiger partial charge in [-0.2, -0.15) is 0 Å². The summed E-state index contributed by atoms with van der Waals surface area (Å²) in [6, 6.07) is 0. The van der Waals surface area contributed by atoms with E-state index in [-0.39, 0.29) is 17.3 Å². The van der Waals surface area contributed by atoms with Gasteiger partial charge in [0.05, 0.1) is 12.5 Å². The monoisotopic (exact) mass is 196 g/mol. The Morgan fingerprint density at radius 2 is 2.00 bits per heavy atom. The first-order valence-electron chi connectivity index (χ1n) is 5.23. The van der Waals surface area contributed by atoms with Gasteiger partial charge in [0, 0.05) is 0 Å². The molecule has 0 amide bonds. The lowest BCUT2D eigenvalue weighted by Gasteiger charge is -2.01. The van der Waals surface area contributed by atoms with E-state index in [1.165, 1.54) is 5.57 Å². The standard InChI is InChI=1S/C12H20O2/c1-6-14-11(13)10-9(7-8(2)3)12(10,4)5/h7,9-10H,6H2,1-5H3/t9-,10+/m1/s1. The molecule has 2 heteroatoms. The van der Waals surface area contributed by atoms with Crippen molar-refractivity contribution in [2.45, 2.75) is 34.6 Å². The smallest absolute Gasteiger partial charge is 0.310 e. The summed E-state index contributed by atoms with van der Waals surface area (Å²) in [5.74, 6) is 0.392. The highest BCUT2D eigenvalue weighted by atomic mass is 16.5.